The van der Waals surface area contributed by atoms with Crippen LogP contribution in [0.5, 0.6) is 5.75 Å². The van der Waals surface area contributed by atoms with Gasteiger partial charge < -0.3 is 4.74 Å². The third-order valence-electron chi connectivity index (χ3n) is 5.38. The van der Waals surface area contributed by atoms with Gasteiger partial charge in [0.2, 0.25) is 0 Å². The van der Waals surface area contributed by atoms with Gasteiger partial charge >= 0.3 is 5.97 Å². The minimum absolute atomic E-state index is 0.364. The molecule has 1 saturated carbocycles. The van der Waals surface area contributed by atoms with Crippen LogP contribution in [0.15, 0.2) is 49.1 Å². The average molecular weight is 318 g/mol. The third kappa shape index (κ3) is 2.56. The Morgan fingerprint density at radius 1 is 1.04 bits per heavy atom. The molecule has 0 spiro atoms. The maximum atomic E-state index is 11.9. The molecule has 122 valence electrons. The minimum Gasteiger partial charge on any atom is -0.423 e. The predicted molar refractivity (Wildman–Crippen MR) is 96.3 cm³/mol. The Kier molecular flexibility index (Phi) is 3.97. The van der Waals surface area contributed by atoms with Crippen molar-refractivity contribution in [2.75, 3.05) is 0 Å². The molecule has 0 bridgehead atoms. The van der Waals surface area contributed by atoms with E-state index in [1.165, 1.54) is 60.4 Å². The zero-order chi connectivity index (χ0) is 16.5. The van der Waals surface area contributed by atoms with Crippen LogP contribution in [0.2, 0.25) is 0 Å². The lowest BCUT2D eigenvalue weighted by atomic mass is 9.82. The van der Waals surface area contributed by atoms with Gasteiger partial charge in [-0.15, -0.1) is 0 Å². The number of carbonyl (C=O) groups excluding carboxylic acids is 1. The van der Waals surface area contributed by atoms with Gasteiger partial charge in [0.15, 0.2) is 0 Å². The van der Waals surface area contributed by atoms with Crippen molar-refractivity contribution in [3.05, 3.63) is 65.7 Å². The summed E-state index contributed by atoms with van der Waals surface area (Å²) < 4.78 is 5.77. The molecule has 2 aromatic carbocycles. The lowest BCUT2D eigenvalue weighted by Crippen LogP contribution is -2.12. The van der Waals surface area contributed by atoms with Gasteiger partial charge in [-0.1, -0.05) is 62.2 Å². The summed E-state index contributed by atoms with van der Waals surface area (Å²) in [7, 11) is 0. The average Bonchev–Trinajstić information content (AvgIpc) is 3.02. The predicted octanol–water partition coefficient (Wildman–Crippen LogP) is 5.40. The number of benzene rings is 2. The molecule has 0 saturated heterocycles. The van der Waals surface area contributed by atoms with E-state index < -0.39 is 0 Å². The summed E-state index contributed by atoms with van der Waals surface area (Å²) in [5, 5.41) is 0. The lowest BCUT2D eigenvalue weighted by molar-refractivity contribution is -0.129. The maximum Gasteiger partial charge on any atom is 0.335 e. The Morgan fingerprint density at radius 2 is 1.83 bits per heavy atom. The highest BCUT2D eigenvalue weighted by Crippen LogP contribution is 2.46. The van der Waals surface area contributed by atoms with Crippen LogP contribution in [0.4, 0.5) is 0 Å². The van der Waals surface area contributed by atoms with Crippen LogP contribution < -0.4 is 4.74 Å². The molecule has 0 radical (unpaired) electrons. The number of carbonyl (C=O) groups is 1. The van der Waals surface area contributed by atoms with E-state index in [1.807, 2.05) is 0 Å². The van der Waals surface area contributed by atoms with Crippen LogP contribution in [-0.4, -0.2) is 5.97 Å². The van der Waals surface area contributed by atoms with E-state index in [2.05, 4.69) is 43.0 Å². The second-order valence-electron chi connectivity index (χ2n) is 6.80. The Hall–Kier alpha value is -2.35. The van der Waals surface area contributed by atoms with E-state index >= 15 is 0 Å². The summed E-state index contributed by atoms with van der Waals surface area (Å²) in [5.74, 6) is 0.928. The van der Waals surface area contributed by atoms with Gasteiger partial charge in [0.05, 0.1) is 0 Å². The highest BCUT2D eigenvalue weighted by Gasteiger charge is 2.28. The monoisotopic (exact) mass is 318 g/mol. The number of ether oxygens (including phenoxy) is 1. The van der Waals surface area contributed by atoms with E-state index in [-0.39, 0.29) is 5.97 Å². The third-order valence-corrected chi connectivity index (χ3v) is 5.38. The van der Waals surface area contributed by atoms with Gasteiger partial charge in [0.1, 0.15) is 5.75 Å². The molecular weight excluding hydrogens is 296 g/mol. The molecule has 0 atom stereocenters. The standard InChI is InChI=1S/C22H22O2/c1-2-21(23)24-22-18(15-8-4-3-5-9-15)12-13-19-17-11-7-6-10-16(17)14-20(19)22/h2,6-7,10-13,15H,1,3-5,8-9,14H2. The molecule has 1 fully saturated rings. The van der Waals surface area contributed by atoms with Crippen LogP contribution >= 0.6 is 0 Å². The van der Waals surface area contributed by atoms with Gasteiger partial charge in [0, 0.05) is 18.1 Å². The van der Waals surface area contributed by atoms with Gasteiger partial charge in [0.25, 0.3) is 0 Å². The zero-order valence-corrected chi connectivity index (χ0v) is 13.9. The lowest BCUT2D eigenvalue weighted by Gasteiger charge is -2.25. The minimum atomic E-state index is -0.364. The summed E-state index contributed by atoms with van der Waals surface area (Å²) in [6, 6.07) is 12.9. The summed E-state index contributed by atoms with van der Waals surface area (Å²) in [4.78, 5) is 11.9. The van der Waals surface area contributed by atoms with Crippen molar-refractivity contribution in [2.45, 2.75) is 44.4 Å². The fourth-order valence-electron chi connectivity index (χ4n) is 4.20. The fraction of sp³-hybridized carbons (Fsp3) is 0.318. The molecule has 0 unspecified atom stereocenters. The normalized spacial score (nSPS) is 16.3. The Bertz CT molecular complexity index is 798. The zero-order valence-electron chi connectivity index (χ0n) is 13.9. The Morgan fingerprint density at radius 3 is 2.62 bits per heavy atom. The van der Waals surface area contributed by atoms with Crippen molar-refractivity contribution in [3.63, 3.8) is 0 Å². The summed E-state index contributed by atoms with van der Waals surface area (Å²) in [5.41, 5.74) is 6.14. The molecular formula is C22H22O2. The second-order valence-corrected chi connectivity index (χ2v) is 6.80. The van der Waals surface area contributed by atoms with Crippen molar-refractivity contribution in [3.8, 4) is 16.9 Å². The van der Waals surface area contributed by atoms with Crippen molar-refractivity contribution < 1.29 is 9.53 Å². The van der Waals surface area contributed by atoms with Gasteiger partial charge in [-0.25, -0.2) is 4.79 Å². The van der Waals surface area contributed by atoms with Crippen LogP contribution in [0.25, 0.3) is 11.1 Å². The molecule has 2 heteroatoms. The van der Waals surface area contributed by atoms with Crippen molar-refractivity contribution in [1.29, 1.82) is 0 Å². The van der Waals surface area contributed by atoms with Crippen molar-refractivity contribution in [1.82, 2.24) is 0 Å². The van der Waals surface area contributed by atoms with Gasteiger partial charge in [-0.05, 0) is 41.0 Å². The fourth-order valence-corrected chi connectivity index (χ4v) is 4.20. The molecule has 0 amide bonds. The SMILES string of the molecule is C=CC(=O)Oc1c(C2CCCCC2)ccc2c1Cc1ccccc1-2. The van der Waals surface area contributed by atoms with Crippen molar-refractivity contribution >= 4 is 5.97 Å². The molecule has 2 nitrogen and oxygen atoms in total. The number of hydrogen-bond acceptors (Lipinski definition) is 2. The van der Waals surface area contributed by atoms with Crippen molar-refractivity contribution in [2.24, 2.45) is 0 Å². The van der Waals surface area contributed by atoms with Crippen LogP contribution in [0.1, 0.15) is 54.7 Å². The molecule has 4 rings (SSSR count). The molecule has 2 aromatic rings. The van der Waals surface area contributed by atoms with Crippen LogP contribution in [0, 0.1) is 0 Å². The van der Waals surface area contributed by atoms with Crippen LogP contribution in [0.3, 0.4) is 0 Å². The van der Waals surface area contributed by atoms with E-state index in [4.69, 9.17) is 4.74 Å². The number of fused-ring (bicyclic) bond motifs is 3. The number of esters is 1. The molecule has 0 heterocycles. The molecule has 2 aliphatic carbocycles. The number of hydrogen-bond donors (Lipinski definition) is 0. The van der Waals surface area contributed by atoms with Gasteiger partial charge in [-0.3, -0.25) is 0 Å². The molecule has 0 aromatic heterocycles. The molecule has 24 heavy (non-hydrogen) atoms. The molecule has 0 N–H and O–H groups in total. The maximum absolute atomic E-state index is 11.9. The number of rotatable bonds is 3. The van der Waals surface area contributed by atoms with E-state index in [0.29, 0.717) is 5.92 Å². The highest BCUT2D eigenvalue weighted by molar-refractivity contribution is 5.86. The first-order valence-corrected chi connectivity index (χ1v) is 8.86. The van der Waals surface area contributed by atoms with Gasteiger partial charge in [-0.2, -0.15) is 0 Å². The largest absolute Gasteiger partial charge is 0.423 e. The van der Waals surface area contributed by atoms with E-state index in [9.17, 15) is 4.79 Å². The smallest absolute Gasteiger partial charge is 0.335 e. The summed E-state index contributed by atoms with van der Waals surface area (Å²) in [6.07, 6.45) is 8.30. The summed E-state index contributed by atoms with van der Waals surface area (Å²) >= 11 is 0. The first-order chi connectivity index (χ1) is 11.8. The van der Waals surface area contributed by atoms with Crippen LogP contribution in [-0.2, 0) is 11.2 Å². The molecule has 2 aliphatic rings. The highest BCUT2D eigenvalue weighted by atomic mass is 16.5. The topological polar surface area (TPSA) is 26.3 Å². The quantitative estimate of drug-likeness (QED) is 0.367. The second kappa shape index (κ2) is 6.27. The van der Waals surface area contributed by atoms with E-state index in [1.54, 1.807) is 0 Å². The Balaban J connectivity index is 1.82. The van der Waals surface area contributed by atoms with E-state index in [0.717, 1.165) is 17.7 Å². The Labute approximate surface area is 143 Å². The summed E-state index contributed by atoms with van der Waals surface area (Å²) in [6.45, 7) is 3.56. The first-order valence-electron chi connectivity index (χ1n) is 8.86. The first kappa shape index (κ1) is 15.2. The molecule has 0 aliphatic heterocycles.